The number of thiophene rings is 2. The van der Waals surface area contributed by atoms with Crippen LogP contribution >= 0.6 is 22.7 Å². The molecule has 0 aromatic carbocycles. The number of hydrogen-bond acceptors (Lipinski definition) is 4. The highest BCUT2D eigenvalue weighted by atomic mass is 32.1. The molecule has 2 nitrogen and oxygen atoms in total. The second-order valence-corrected chi connectivity index (χ2v) is 6.23. The van der Waals surface area contributed by atoms with Crippen molar-refractivity contribution in [2.24, 2.45) is 0 Å². The average Bonchev–Trinajstić information content (AvgIpc) is 2.99. The molecule has 0 aliphatic carbocycles. The van der Waals surface area contributed by atoms with Gasteiger partial charge in [-0.3, -0.25) is 4.90 Å². The molecule has 0 unspecified atom stereocenters. The first-order valence-electron chi connectivity index (χ1n) is 6.17. The van der Waals surface area contributed by atoms with Crippen molar-refractivity contribution < 1.29 is 5.11 Å². The minimum absolute atomic E-state index is 0.267. The number of rotatable bonds is 7. The fourth-order valence-corrected chi connectivity index (χ4v) is 3.53. The van der Waals surface area contributed by atoms with E-state index in [0.29, 0.717) is 0 Å². The monoisotopic (exact) mass is 281 g/mol. The van der Waals surface area contributed by atoms with Crippen molar-refractivity contribution in [1.29, 1.82) is 0 Å². The van der Waals surface area contributed by atoms with E-state index in [1.807, 2.05) is 11.3 Å². The van der Waals surface area contributed by atoms with E-state index >= 15 is 0 Å². The Hall–Kier alpha value is -0.680. The fraction of sp³-hybridized carbons (Fsp3) is 0.429. The van der Waals surface area contributed by atoms with Crippen molar-refractivity contribution in [2.45, 2.75) is 26.4 Å². The van der Waals surface area contributed by atoms with Gasteiger partial charge in [-0.1, -0.05) is 0 Å². The van der Waals surface area contributed by atoms with Gasteiger partial charge >= 0.3 is 0 Å². The topological polar surface area (TPSA) is 23.5 Å². The normalized spacial score (nSPS) is 11.3. The van der Waals surface area contributed by atoms with Gasteiger partial charge in [0.05, 0.1) is 0 Å². The molecule has 0 bridgehead atoms. The zero-order chi connectivity index (χ0) is 12.8. The van der Waals surface area contributed by atoms with Crippen LogP contribution in [0.15, 0.2) is 28.3 Å². The van der Waals surface area contributed by atoms with Gasteiger partial charge in [-0.05, 0) is 52.7 Å². The maximum atomic E-state index is 9.00. The number of aliphatic hydroxyl groups excluding tert-OH is 1. The van der Waals surface area contributed by atoms with E-state index in [1.54, 1.807) is 11.3 Å². The van der Waals surface area contributed by atoms with Crippen LogP contribution in [0, 0.1) is 6.92 Å². The molecule has 98 valence electrons. The summed E-state index contributed by atoms with van der Waals surface area (Å²) >= 11 is 3.57. The van der Waals surface area contributed by atoms with Gasteiger partial charge < -0.3 is 5.11 Å². The van der Waals surface area contributed by atoms with Crippen molar-refractivity contribution in [3.8, 4) is 0 Å². The molecule has 0 saturated carbocycles. The molecule has 0 saturated heterocycles. The second-order valence-electron chi connectivity index (χ2n) is 4.45. The predicted molar refractivity (Wildman–Crippen MR) is 79.2 cm³/mol. The van der Waals surface area contributed by atoms with Gasteiger partial charge in [0.1, 0.15) is 0 Å². The molecular weight excluding hydrogens is 262 g/mol. The third-order valence-electron chi connectivity index (χ3n) is 2.95. The molecule has 18 heavy (non-hydrogen) atoms. The largest absolute Gasteiger partial charge is 0.396 e. The van der Waals surface area contributed by atoms with Crippen LogP contribution in [-0.4, -0.2) is 23.2 Å². The van der Waals surface area contributed by atoms with Crippen LogP contribution in [0.2, 0.25) is 0 Å². The van der Waals surface area contributed by atoms with E-state index < -0.39 is 0 Å². The minimum atomic E-state index is 0.267. The Morgan fingerprint density at radius 3 is 2.72 bits per heavy atom. The first kappa shape index (κ1) is 13.7. The smallest absolute Gasteiger partial charge is 0.0443 e. The summed E-state index contributed by atoms with van der Waals surface area (Å²) in [6.45, 7) is 5.34. The maximum absolute atomic E-state index is 9.00. The first-order valence-corrected chi connectivity index (χ1v) is 7.99. The molecule has 2 aromatic heterocycles. The van der Waals surface area contributed by atoms with E-state index in [0.717, 1.165) is 26.1 Å². The van der Waals surface area contributed by atoms with Crippen molar-refractivity contribution in [1.82, 2.24) is 4.90 Å². The molecule has 2 aromatic rings. The van der Waals surface area contributed by atoms with E-state index in [2.05, 4.69) is 40.1 Å². The summed E-state index contributed by atoms with van der Waals surface area (Å²) in [5.74, 6) is 0. The van der Waals surface area contributed by atoms with Crippen LogP contribution in [-0.2, 0) is 13.1 Å². The molecule has 0 fully saturated rings. The lowest BCUT2D eigenvalue weighted by Crippen LogP contribution is -2.24. The molecule has 4 heteroatoms. The van der Waals surface area contributed by atoms with E-state index in [1.165, 1.54) is 16.0 Å². The van der Waals surface area contributed by atoms with Crippen LogP contribution < -0.4 is 0 Å². The number of hydrogen-bond donors (Lipinski definition) is 1. The predicted octanol–water partition coefficient (Wildman–Crippen LogP) is 3.50. The van der Waals surface area contributed by atoms with Gasteiger partial charge in [0.15, 0.2) is 0 Å². The summed E-state index contributed by atoms with van der Waals surface area (Å²) in [6, 6.07) is 4.35. The summed E-state index contributed by atoms with van der Waals surface area (Å²) in [6.07, 6.45) is 0.842. The van der Waals surface area contributed by atoms with Gasteiger partial charge in [0.2, 0.25) is 0 Å². The van der Waals surface area contributed by atoms with Gasteiger partial charge in [-0.15, -0.1) is 11.3 Å². The zero-order valence-corrected chi connectivity index (χ0v) is 12.3. The Kier molecular flexibility index (Phi) is 5.38. The van der Waals surface area contributed by atoms with Crippen molar-refractivity contribution >= 4 is 22.7 Å². The number of aryl methyl sites for hydroxylation is 1. The molecule has 2 rings (SSSR count). The highest BCUT2D eigenvalue weighted by Gasteiger charge is 2.09. The van der Waals surface area contributed by atoms with Crippen molar-refractivity contribution in [3.05, 3.63) is 44.3 Å². The maximum Gasteiger partial charge on any atom is 0.0443 e. The molecular formula is C14H19NOS2. The highest BCUT2D eigenvalue weighted by Crippen LogP contribution is 2.19. The van der Waals surface area contributed by atoms with Crippen LogP contribution in [0.5, 0.6) is 0 Å². The number of aliphatic hydroxyl groups is 1. The van der Waals surface area contributed by atoms with E-state index in [9.17, 15) is 0 Å². The van der Waals surface area contributed by atoms with E-state index in [4.69, 9.17) is 5.11 Å². The Balaban J connectivity index is 1.98. The zero-order valence-electron chi connectivity index (χ0n) is 10.6. The van der Waals surface area contributed by atoms with Crippen molar-refractivity contribution in [2.75, 3.05) is 13.2 Å². The van der Waals surface area contributed by atoms with Crippen LogP contribution in [0.4, 0.5) is 0 Å². The number of nitrogens with zero attached hydrogens (tertiary/aromatic N) is 1. The lowest BCUT2D eigenvalue weighted by molar-refractivity contribution is 0.214. The highest BCUT2D eigenvalue weighted by molar-refractivity contribution is 7.10. The third kappa shape index (κ3) is 3.92. The molecule has 0 spiro atoms. The fourth-order valence-electron chi connectivity index (χ4n) is 1.92. The van der Waals surface area contributed by atoms with Crippen molar-refractivity contribution in [3.63, 3.8) is 0 Å². The summed E-state index contributed by atoms with van der Waals surface area (Å²) in [5, 5.41) is 15.5. The molecule has 1 N–H and O–H groups in total. The lowest BCUT2D eigenvalue weighted by atomic mass is 10.2. The second kappa shape index (κ2) is 7.04. The van der Waals surface area contributed by atoms with Crippen LogP contribution in [0.3, 0.4) is 0 Å². The standard InChI is InChI=1S/C14H19NOS2/c1-12-3-8-18-14(12)10-15(5-2-6-16)9-13-4-7-17-11-13/h3-4,7-8,11,16H,2,5-6,9-10H2,1H3. The summed E-state index contributed by atoms with van der Waals surface area (Å²) in [5.41, 5.74) is 2.74. The molecule has 0 radical (unpaired) electrons. The Morgan fingerprint density at radius 1 is 1.22 bits per heavy atom. The van der Waals surface area contributed by atoms with E-state index in [-0.39, 0.29) is 6.61 Å². The Morgan fingerprint density at radius 2 is 2.11 bits per heavy atom. The quantitative estimate of drug-likeness (QED) is 0.839. The first-order chi connectivity index (χ1) is 8.79. The van der Waals surface area contributed by atoms with Gasteiger partial charge in [-0.25, -0.2) is 0 Å². The lowest BCUT2D eigenvalue weighted by Gasteiger charge is -2.21. The molecule has 0 aliphatic heterocycles. The summed E-state index contributed by atoms with van der Waals surface area (Å²) < 4.78 is 0. The van der Waals surface area contributed by atoms with Crippen LogP contribution in [0.25, 0.3) is 0 Å². The van der Waals surface area contributed by atoms with Crippen LogP contribution in [0.1, 0.15) is 22.4 Å². The summed E-state index contributed by atoms with van der Waals surface area (Å²) in [4.78, 5) is 3.85. The van der Waals surface area contributed by atoms with Gasteiger partial charge in [0, 0.05) is 31.1 Å². The third-order valence-corrected chi connectivity index (χ3v) is 4.69. The Labute approximate surface area is 117 Å². The molecule has 2 heterocycles. The summed E-state index contributed by atoms with van der Waals surface area (Å²) in [7, 11) is 0. The van der Waals surface area contributed by atoms with Gasteiger partial charge in [-0.2, -0.15) is 11.3 Å². The minimum Gasteiger partial charge on any atom is -0.396 e. The molecule has 0 amide bonds. The SMILES string of the molecule is Cc1ccsc1CN(CCCO)Cc1ccsc1. The Bertz CT molecular complexity index is 450. The average molecular weight is 281 g/mol. The molecule has 0 aliphatic rings. The molecule has 0 atom stereocenters. The van der Waals surface area contributed by atoms with Gasteiger partial charge in [0.25, 0.3) is 0 Å².